The number of hydrogen-bond acceptors (Lipinski definition) is 5. The van der Waals surface area contributed by atoms with Gasteiger partial charge >= 0.3 is 0 Å². The summed E-state index contributed by atoms with van der Waals surface area (Å²) in [5.41, 5.74) is 0.987. The molecule has 2 aromatic carbocycles. The van der Waals surface area contributed by atoms with Crippen molar-refractivity contribution in [3.63, 3.8) is 0 Å². The number of aromatic nitrogens is 2. The van der Waals surface area contributed by atoms with Crippen LogP contribution in [0.25, 0.3) is 10.9 Å². The summed E-state index contributed by atoms with van der Waals surface area (Å²) >= 11 is 9.72. The Morgan fingerprint density at radius 2 is 2.09 bits per heavy atom. The van der Waals surface area contributed by atoms with Crippen LogP contribution in [-0.4, -0.2) is 29.6 Å². The zero-order valence-corrected chi connectivity index (χ0v) is 20.5. The smallest absolute Gasteiger partial charge is 0.282 e. The Morgan fingerprint density at radius 1 is 1.30 bits per heavy atom. The van der Waals surface area contributed by atoms with Crippen LogP contribution in [0.5, 0.6) is 11.5 Å². The minimum Gasteiger partial charge on any atom is -0.493 e. The molecule has 1 aliphatic carbocycles. The molecule has 1 aliphatic rings. The molecule has 33 heavy (non-hydrogen) atoms. The van der Waals surface area contributed by atoms with E-state index in [1.807, 2.05) is 12.1 Å². The van der Waals surface area contributed by atoms with Crippen molar-refractivity contribution < 1.29 is 9.47 Å². The van der Waals surface area contributed by atoms with E-state index >= 15 is 0 Å². The SMILES string of the molecule is C#CCOc1c(C=Nn2c(C3CCCCC3)nc3ccc(Br)cc3c2=O)cc(Cl)cc1OC. The monoisotopic (exact) mass is 527 g/mol. The van der Waals surface area contributed by atoms with E-state index in [9.17, 15) is 4.79 Å². The van der Waals surface area contributed by atoms with Gasteiger partial charge < -0.3 is 9.47 Å². The number of halogens is 2. The summed E-state index contributed by atoms with van der Waals surface area (Å²) < 4.78 is 13.3. The molecule has 0 radical (unpaired) electrons. The van der Waals surface area contributed by atoms with E-state index in [0.717, 1.165) is 30.2 Å². The first-order valence-corrected chi connectivity index (χ1v) is 11.9. The molecule has 0 aliphatic heterocycles. The van der Waals surface area contributed by atoms with Crippen LogP contribution in [0.2, 0.25) is 5.02 Å². The van der Waals surface area contributed by atoms with Crippen molar-refractivity contribution in [1.29, 1.82) is 0 Å². The molecule has 0 amide bonds. The van der Waals surface area contributed by atoms with Gasteiger partial charge in [0, 0.05) is 27.0 Å². The van der Waals surface area contributed by atoms with Gasteiger partial charge in [-0.25, -0.2) is 4.98 Å². The highest BCUT2D eigenvalue weighted by atomic mass is 79.9. The Labute approximate surface area is 205 Å². The first kappa shape index (κ1) is 23.3. The van der Waals surface area contributed by atoms with Crippen LogP contribution >= 0.6 is 27.5 Å². The molecule has 3 aromatic rings. The lowest BCUT2D eigenvalue weighted by atomic mass is 9.88. The topological polar surface area (TPSA) is 65.7 Å². The predicted octanol–water partition coefficient (Wildman–Crippen LogP) is 5.76. The zero-order valence-electron chi connectivity index (χ0n) is 18.2. The minimum atomic E-state index is -0.224. The largest absolute Gasteiger partial charge is 0.493 e. The summed E-state index contributed by atoms with van der Waals surface area (Å²) in [6.07, 6.45) is 12.3. The van der Waals surface area contributed by atoms with Crippen molar-refractivity contribution in [2.75, 3.05) is 13.7 Å². The highest BCUT2D eigenvalue weighted by molar-refractivity contribution is 9.10. The molecule has 6 nitrogen and oxygen atoms in total. The number of terminal acetylenes is 1. The van der Waals surface area contributed by atoms with Gasteiger partial charge in [-0.3, -0.25) is 4.79 Å². The van der Waals surface area contributed by atoms with Gasteiger partial charge in [0.05, 0.1) is 24.2 Å². The van der Waals surface area contributed by atoms with Gasteiger partial charge in [0.1, 0.15) is 12.4 Å². The number of fused-ring (bicyclic) bond motifs is 1. The normalized spacial score (nSPS) is 14.5. The van der Waals surface area contributed by atoms with Crippen LogP contribution in [0.4, 0.5) is 0 Å². The van der Waals surface area contributed by atoms with Crippen LogP contribution in [0.3, 0.4) is 0 Å². The van der Waals surface area contributed by atoms with Gasteiger partial charge in [-0.2, -0.15) is 9.78 Å². The highest BCUT2D eigenvalue weighted by Crippen LogP contribution is 2.35. The van der Waals surface area contributed by atoms with Crippen LogP contribution in [0.15, 0.2) is 44.7 Å². The highest BCUT2D eigenvalue weighted by Gasteiger charge is 2.23. The summed E-state index contributed by atoms with van der Waals surface area (Å²) in [7, 11) is 1.52. The Kier molecular flexibility index (Phi) is 7.36. The summed E-state index contributed by atoms with van der Waals surface area (Å²) in [5.74, 6) is 4.13. The third-order valence-corrected chi connectivity index (χ3v) is 6.40. The van der Waals surface area contributed by atoms with Crippen molar-refractivity contribution >= 4 is 44.6 Å². The molecule has 1 aromatic heterocycles. The zero-order chi connectivity index (χ0) is 23.4. The summed E-state index contributed by atoms with van der Waals surface area (Å²) in [6, 6.07) is 8.84. The van der Waals surface area contributed by atoms with E-state index < -0.39 is 0 Å². The molecule has 0 bridgehead atoms. The van der Waals surface area contributed by atoms with Gasteiger partial charge in [0.25, 0.3) is 5.56 Å². The molecule has 1 heterocycles. The van der Waals surface area contributed by atoms with Crippen molar-refractivity contribution in [3.8, 4) is 23.8 Å². The Morgan fingerprint density at radius 3 is 2.82 bits per heavy atom. The van der Waals surface area contributed by atoms with Gasteiger partial charge in [0.2, 0.25) is 0 Å². The number of benzene rings is 2. The van der Waals surface area contributed by atoms with Crippen LogP contribution in [0, 0.1) is 12.3 Å². The molecule has 170 valence electrons. The molecule has 0 spiro atoms. The van der Waals surface area contributed by atoms with Crippen LogP contribution < -0.4 is 15.0 Å². The lowest BCUT2D eigenvalue weighted by Gasteiger charge is -2.22. The van der Waals surface area contributed by atoms with Crippen molar-refractivity contribution in [3.05, 3.63) is 61.6 Å². The molecule has 0 atom stereocenters. The molecule has 0 N–H and O–H groups in total. The maximum Gasteiger partial charge on any atom is 0.282 e. The molecular weight excluding hydrogens is 506 g/mol. The lowest BCUT2D eigenvalue weighted by Crippen LogP contribution is -2.25. The fourth-order valence-corrected chi connectivity index (χ4v) is 4.70. The fraction of sp³-hybridized carbons (Fsp3) is 0.320. The van der Waals surface area contributed by atoms with Crippen molar-refractivity contribution in [2.24, 2.45) is 5.10 Å². The van der Waals surface area contributed by atoms with Crippen LogP contribution in [-0.2, 0) is 0 Å². The maximum absolute atomic E-state index is 13.5. The van der Waals surface area contributed by atoms with E-state index in [4.69, 9.17) is 32.5 Å². The Bertz CT molecular complexity index is 1310. The average molecular weight is 529 g/mol. The second kappa shape index (κ2) is 10.4. The number of hydrogen-bond donors (Lipinski definition) is 0. The van der Waals surface area contributed by atoms with E-state index in [2.05, 4.69) is 27.0 Å². The Hall–Kier alpha value is -2.82. The third kappa shape index (κ3) is 5.07. The summed E-state index contributed by atoms with van der Waals surface area (Å²) in [6.45, 7) is 0.0532. The molecule has 8 heteroatoms. The molecule has 1 fully saturated rings. The quantitative estimate of drug-likeness (QED) is 0.301. The van der Waals surface area contributed by atoms with Crippen molar-refractivity contribution in [2.45, 2.75) is 38.0 Å². The molecule has 0 unspecified atom stereocenters. The van der Waals surface area contributed by atoms with E-state index in [1.54, 1.807) is 24.4 Å². The molecular formula is C25H23BrClN3O3. The van der Waals surface area contributed by atoms with E-state index in [0.29, 0.717) is 38.8 Å². The van der Waals surface area contributed by atoms with Gasteiger partial charge in [-0.15, -0.1) is 6.42 Å². The predicted molar refractivity (Wildman–Crippen MR) is 135 cm³/mol. The fourth-order valence-electron chi connectivity index (χ4n) is 4.13. The Balaban J connectivity index is 1.87. The number of ether oxygens (including phenoxy) is 2. The molecule has 1 saturated carbocycles. The number of methoxy groups -OCH3 is 1. The summed E-state index contributed by atoms with van der Waals surface area (Å²) in [5, 5.41) is 5.51. The first-order chi connectivity index (χ1) is 16.0. The minimum absolute atomic E-state index is 0.0532. The van der Waals surface area contributed by atoms with E-state index in [-0.39, 0.29) is 18.1 Å². The second-order valence-electron chi connectivity index (χ2n) is 7.85. The van der Waals surface area contributed by atoms with Gasteiger partial charge in [-0.05, 0) is 37.1 Å². The summed E-state index contributed by atoms with van der Waals surface area (Å²) in [4.78, 5) is 18.3. The van der Waals surface area contributed by atoms with Gasteiger partial charge in [-0.1, -0.05) is 52.7 Å². The average Bonchev–Trinajstić information content (AvgIpc) is 2.83. The van der Waals surface area contributed by atoms with Crippen molar-refractivity contribution in [1.82, 2.24) is 9.66 Å². The molecule has 4 rings (SSSR count). The second-order valence-corrected chi connectivity index (χ2v) is 9.20. The van der Waals surface area contributed by atoms with Gasteiger partial charge in [0.15, 0.2) is 11.5 Å². The maximum atomic E-state index is 13.5. The first-order valence-electron chi connectivity index (χ1n) is 10.7. The third-order valence-electron chi connectivity index (χ3n) is 5.68. The lowest BCUT2D eigenvalue weighted by molar-refractivity contribution is 0.330. The number of rotatable bonds is 6. The van der Waals surface area contributed by atoms with Crippen LogP contribution in [0.1, 0.15) is 49.4 Å². The standard InChI is InChI=1S/C25H23BrClN3O3/c1-3-11-33-23-17(12-19(27)14-22(23)32-2)15-28-30-24(16-7-5-4-6-8-16)29-21-10-9-18(26)13-20(21)25(30)31/h1,9-10,12-16H,4-8,11H2,2H3. The van der Waals surface area contributed by atoms with E-state index in [1.165, 1.54) is 18.2 Å². The number of nitrogens with zero attached hydrogens (tertiary/aromatic N) is 3. The molecule has 0 saturated heterocycles.